The SMILES string of the molecule is C=CS(=O)(=O)c1cccc(N2C(=O)c3cc(S(=O)(=O)O)cc4c(N)c(S(=O)(=O)O)cc(c34)C2=O)c1. The minimum absolute atomic E-state index is 0.219. The molecule has 12 nitrogen and oxygen atoms in total. The fraction of sp³-hybridized carbons (Fsp3) is 0. The molecular formula is C20H14N2O10S3. The summed E-state index contributed by atoms with van der Waals surface area (Å²) in [7, 11) is -13.9. The molecule has 1 aliphatic heterocycles. The second-order valence-corrected chi connectivity index (χ2v) is 12.0. The summed E-state index contributed by atoms with van der Waals surface area (Å²) in [4.78, 5) is 25.1. The van der Waals surface area contributed by atoms with Gasteiger partial charge in [-0.05, 0) is 36.4 Å². The molecule has 0 saturated carbocycles. The fourth-order valence-corrected chi connectivity index (χ4v) is 5.63. The van der Waals surface area contributed by atoms with Crippen LogP contribution in [-0.4, -0.2) is 46.2 Å². The van der Waals surface area contributed by atoms with E-state index >= 15 is 0 Å². The Kier molecular flexibility index (Phi) is 5.38. The summed E-state index contributed by atoms with van der Waals surface area (Å²) in [5.41, 5.74) is 4.02. The minimum Gasteiger partial charge on any atom is -0.397 e. The van der Waals surface area contributed by atoms with E-state index in [0.29, 0.717) is 10.3 Å². The van der Waals surface area contributed by atoms with Crippen molar-refractivity contribution < 1.29 is 43.9 Å². The van der Waals surface area contributed by atoms with Gasteiger partial charge in [-0.1, -0.05) is 12.6 Å². The average Bonchev–Trinajstić information content (AvgIpc) is 2.77. The fourth-order valence-electron chi connectivity index (χ4n) is 3.70. The zero-order valence-electron chi connectivity index (χ0n) is 17.2. The Morgan fingerprint density at radius 1 is 0.829 bits per heavy atom. The van der Waals surface area contributed by atoms with Crippen LogP contribution in [-0.2, 0) is 30.1 Å². The number of benzene rings is 3. The molecular weight excluding hydrogens is 524 g/mol. The van der Waals surface area contributed by atoms with Gasteiger partial charge in [-0.15, -0.1) is 0 Å². The maximum atomic E-state index is 13.4. The highest BCUT2D eigenvalue weighted by molar-refractivity contribution is 7.94. The number of nitrogens with zero attached hydrogens (tertiary/aromatic N) is 1. The van der Waals surface area contributed by atoms with E-state index in [1.54, 1.807) is 0 Å². The number of amides is 2. The molecule has 182 valence electrons. The quantitative estimate of drug-likeness (QED) is 0.242. The number of imide groups is 1. The van der Waals surface area contributed by atoms with Gasteiger partial charge in [0.1, 0.15) is 4.90 Å². The van der Waals surface area contributed by atoms with Crippen LogP contribution in [0.4, 0.5) is 11.4 Å². The number of carbonyl (C=O) groups excluding carboxylic acids is 2. The molecule has 0 spiro atoms. The van der Waals surface area contributed by atoms with E-state index in [1.807, 2.05) is 0 Å². The second kappa shape index (κ2) is 7.69. The molecule has 35 heavy (non-hydrogen) atoms. The number of carbonyl (C=O) groups is 2. The number of hydrogen-bond donors (Lipinski definition) is 3. The van der Waals surface area contributed by atoms with Crippen molar-refractivity contribution in [1.82, 2.24) is 0 Å². The van der Waals surface area contributed by atoms with Crippen molar-refractivity contribution in [2.24, 2.45) is 0 Å². The standard InChI is InChI=1S/C20H14N2O10S3/c1-2-33(25,26)11-5-3-4-10(6-11)22-19(23)14-8-12(34(27,28)29)7-13-17(14)15(20(22)24)9-16(18(13)21)35(30,31)32/h2-9H,1,21H2,(H,27,28,29)(H,30,31,32). The highest BCUT2D eigenvalue weighted by atomic mass is 32.2. The van der Waals surface area contributed by atoms with Gasteiger partial charge >= 0.3 is 0 Å². The largest absolute Gasteiger partial charge is 0.397 e. The van der Waals surface area contributed by atoms with Gasteiger partial charge in [0.15, 0.2) is 9.84 Å². The van der Waals surface area contributed by atoms with Gasteiger partial charge in [-0.2, -0.15) is 16.8 Å². The minimum atomic E-state index is -5.03. The third-order valence-corrected chi connectivity index (χ3v) is 8.35. The van der Waals surface area contributed by atoms with Crippen molar-refractivity contribution in [3.63, 3.8) is 0 Å². The molecule has 0 bridgehead atoms. The number of sulfone groups is 1. The first kappa shape index (κ1) is 24.5. The normalized spacial score (nSPS) is 14.4. The Morgan fingerprint density at radius 2 is 1.43 bits per heavy atom. The van der Waals surface area contributed by atoms with E-state index in [0.717, 1.165) is 24.3 Å². The van der Waals surface area contributed by atoms with Gasteiger partial charge in [0.2, 0.25) is 0 Å². The molecule has 0 radical (unpaired) electrons. The number of anilines is 2. The van der Waals surface area contributed by atoms with Crippen molar-refractivity contribution in [3.8, 4) is 0 Å². The lowest BCUT2D eigenvalue weighted by molar-refractivity contribution is 0.0893. The summed E-state index contributed by atoms with van der Waals surface area (Å²) in [6.45, 7) is 3.20. The van der Waals surface area contributed by atoms with E-state index in [-0.39, 0.29) is 16.0 Å². The Hall–Kier alpha value is -3.63. The molecule has 0 saturated heterocycles. The summed E-state index contributed by atoms with van der Waals surface area (Å²) in [6.07, 6.45) is 0. The Bertz CT molecular complexity index is 1800. The smallest absolute Gasteiger partial charge is 0.296 e. The van der Waals surface area contributed by atoms with E-state index < -0.39 is 73.9 Å². The van der Waals surface area contributed by atoms with Crippen molar-refractivity contribution in [3.05, 3.63) is 65.6 Å². The lowest BCUT2D eigenvalue weighted by Gasteiger charge is -2.28. The first-order valence-corrected chi connectivity index (χ1v) is 13.7. The zero-order valence-corrected chi connectivity index (χ0v) is 19.7. The predicted molar refractivity (Wildman–Crippen MR) is 123 cm³/mol. The molecule has 1 aliphatic rings. The number of nitrogens with two attached hydrogens (primary N) is 1. The lowest BCUT2D eigenvalue weighted by Crippen LogP contribution is -2.41. The molecule has 15 heteroatoms. The highest BCUT2D eigenvalue weighted by Crippen LogP contribution is 2.40. The number of nitrogen functional groups attached to an aromatic ring is 1. The van der Waals surface area contributed by atoms with Gasteiger partial charge in [0, 0.05) is 16.2 Å². The van der Waals surface area contributed by atoms with Crippen molar-refractivity contribution >= 4 is 64.0 Å². The average molecular weight is 539 g/mol. The van der Waals surface area contributed by atoms with E-state index in [4.69, 9.17) is 5.73 Å². The monoisotopic (exact) mass is 538 g/mol. The summed E-state index contributed by atoms with van der Waals surface area (Å²) >= 11 is 0. The first-order valence-electron chi connectivity index (χ1n) is 9.29. The maximum Gasteiger partial charge on any atom is 0.296 e. The predicted octanol–water partition coefficient (Wildman–Crippen LogP) is 1.63. The molecule has 4 N–H and O–H groups in total. The molecule has 0 atom stereocenters. The van der Waals surface area contributed by atoms with Crippen LogP contribution in [0.5, 0.6) is 0 Å². The van der Waals surface area contributed by atoms with Gasteiger partial charge in [0.25, 0.3) is 32.1 Å². The van der Waals surface area contributed by atoms with Gasteiger partial charge in [-0.25, -0.2) is 13.3 Å². The topological polar surface area (TPSA) is 206 Å². The summed E-state index contributed by atoms with van der Waals surface area (Å²) in [5, 5.41) is 0.0367. The second-order valence-electron chi connectivity index (χ2n) is 7.33. The summed E-state index contributed by atoms with van der Waals surface area (Å²) < 4.78 is 91.0. The van der Waals surface area contributed by atoms with Crippen LogP contribution in [0, 0.1) is 0 Å². The van der Waals surface area contributed by atoms with E-state index in [9.17, 15) is 43.9 Å². The molecule has 0 aliphatic carbocycles. The molecule has 3 aromatic rings. The molecule has 3 aromatic carbocycles. The van der Waals surface area contributed by atoms with Crippen molar-refractivity contribution in [1.29, 1.82) is 0 Å². The maximum absolute atomic E-state index is 13.4. The van der Waals surface area contributed by atoms with Crippen LogP contribution >= 0.6 is 0 Å². The van der Waals surface area contributed by atoms with Crippen LogP contribution < -0.4 is 10.6 Å². The van der Waals surface area contributed by atoms with Crippen LogP contribution in [0.25, 0.3) is 10.8 Å². The van der Waals surface area contributed by atoms with Crippen molar-refractivity contribution in [2.75, 3.05) is 10.6 Å². The van der Waals surface area contributed by atoms with Gasteiger partial charge < -0.3 is 5.73 Å². The van der Waals surface area contributed by atoms with E-state index in [2.05, 4.69) is 6.58 Å². The highest BCUT2D eigenvalue weighted by Gasteiger charge is 2.38. The Labute approximate surface area is 198 Å². The van der Waals surface area contributed by atoms with Gasteiger partial charge in [0.05, 0.1) is 32.3 Å². The summed E-state index contributed by atoms with van der Waals surface area (Å²) in [5.74, 6) is -2.21. The third kappa shape index (κ3) is 3.88. The van der Waals surface area contributed by atoms with Crippen LogP contribution in [0.1, 0.15) is 20.7 Å². The Balaban J connectivity index is 2.12. The number of hydrogen-bond acceptors (Lipinski definition) is 9. The number of rotatable bonds is 5. The molecule has 4 rings (SSSR count). The molecule has 1 heterocycles. The van der Waals surface area contributed by atoms with Gasteiger partial charge in [-0.3, -0.25) is 18.7 Å². The lowest BCUT2D eigenvalue weighted by atomic mass is 9.92. The van der Waals surface area contributed by atoms with Crippen LogP contribution in [0.3, 0.4) is 0 Å². The molecule has 0 fully saturated rings. The zero-order chi connectivity index (χ0) is 26.1. The molecule has 0 unspecified atom stereocenters. The van der Waals surface area contributed by atoms with E-state index in [1.165, 1.54) is 18.2 Å². The first-order chi connectivity index (χ1) is 16.1. The molecule has 2 amide bonds. The molecule has 0 aromatic heterocycles. The van der Waals surface area contributed by atoms with Crippen LogP contribution in [0.2, 0.25) is 0 Å². The van der Waals surface area contributed by atoms with Crippen LogP contribution in [0.15, 0.2) is 69.1 Å². The van der Waals surface area contributed by atoms with Crippen molar-refractivity contribution in [2.45, 2.75) is 14.7 Å². The third-order valence-electron chi connectivity index (χ3n) is 5.28. The summed E-state index contributed by atoms with van der Waals surface area (Å²) in [6, 6.07) is 6.86. The Morgan fingerprint density at radius 3 is 1.97 bits per heavy atom.